The predicted octanol–water partition coefficient (Wildman–Crippen LogP) is 4.92. The Morgan fingerprint density at radius 3 is 2.38 bits per heavy atom. The number of benzene rings is 3. The number of fused-ring (bicyclic) bond motifs is 1. The first kappa shape index (κ1) is 22.9. The van der Waals surface area contributed by atoms with Crippen molar-refractivity contribution in [3.05, 3.63) is 88.7 Å². The fourth-order valence-corrected chi connectivity index (χ4v) is 4.02. The van der Waals surface area contributed by atoms with Crippen LogP contribution < -0.4 is 16.2 Å². The molecule has 4 rings (SSSR count). The molecular formula is C27H26N4O3. The highest BCUT2D eigenvalue weighted by molar-refractivity contribution is 5.96. The van der Waals surface area contributed by atoms with Gasteiger partial charge in [0.05, 0.1) is 16.7 Å². The van der Waals surface area contributed by atoms with Crippen LogP contribution in [0.3, 0.4) is 0 Å². The molecule has 1 aromatic heterocycles. The summed E-state index contributed by atoms with van der Waals surface area (Å²) >= 11 is 0. The highest BCUT2D eigenvalue weighted by Gasteiger charge is 2.25. The number of nitrogens with one attached hydrogen (secondary N) is 2. The quantitative estimate of drug-likeness (QED) is 0.432. The van der Waals surface area contributed by atoms with Crippen LogP contribution in [0.25, 0.3) is 22.3 Å². The van der Waals surface area contributed by atoms with Gasteiger partial charge in [0, 0.05) is 18.2 Å². The Morgan fingerprint density at radius 2 is 1.68 bits per heavy atom. The Morgan fingerprint density at radius 1 is 0.971 bits per heavy atom. The van der Waals surface area contributed by atoms with Crippen LogP contribution in [0.1, 0.15) is 31.9 Å². The van der Waals surface area contributed by atoms with Crippen LogP contribution in [-0.4, -0.2) is 21.4 Å². The zero-order chi connectivity index (χ0) is 24.2. The molecule has 0 saturated heterocycles. The van der Waals surface area contributed by atoms with E-state index in [1.807, 2.05) is 62.4 Å². The van der Waals surface area contributed by atoms with Crippen LogP contribution in [0.15, 0.2) is 77.6 Å². The molecule has 1 atom stereocenters. The number of hydrogen-bond acceptors (Lipinski definition) is 4. The van der Waals surface area contributed by atoms with Crippen molar-refractivity contribution in [2.75, 3.05) is 10.6 Å². The van der Waals surface area contributed by atoms with Crippen LogP contribution in [0.5, 0.6) is 0 Å². The van der Waals surface area contributed by atoms with Crippen molar-refractivity contribution in [3.8, 4) is 11.3 Å². The lowest BCUT2D eigenvalue weighted by molar-refractivity contribution is -0.119. The van der Waals surface area contributed by atoms with Gasteiger partial charge in [-0.15, -0.1) is 0 Å². The lowest BCUT2D eigenvalue weighted by Crippen LogP contribution is -2.34. The average Bonchev–Trinajstić information content (AvgIpc) is 2.82. The van der Waals surface area contributed by atoms with Crippen molar-refractivity contribution in [2.45, 2.75) is 33.2 Å². The SMILES string of the molecule is CC[C@@H](C(=O)Nc1ccccc1)n1c(=O)c(-c2cc(C)ccc2NC(C)=O)nc2ccccc21. The summed E-state index contributed by atoms with van der Waals surface area (Å²) in [5.41, 5.74) is 3.51. The van der Waals surface area contributed by atoms with Gasteiger partial charge >= 0.3 is 0 Å². The van der Waals surface area contributed by atoms with Crippen molar-refractivity contribution < 1.29 is 9.59 Å². The average molecular weight is 455 g/mol. The monoisotopic (exact) mass is 454 g/mol. The predicted molar refractivity (Wildman–Crippen MR) is 135 cm³/mol. The number of hydrogen-bond donors (Lipinski definition) is 2. The molecule has 0 saturated carbocycles. The van der Waals surface area contributed by atoms with E-state index < -0.39 is 11.6 Å². The first-order chi connectivity index (χ1) is 16.4. The van der Waals surface area contributed by atoms with Crippen LogP contribution in [-0.2, 0) is 9.59 Å². The van der Waals surface area contributed by atoms with Crippen molar-refractivity contribution >= 4 is 34.2 Å². The fraction of sp³-hybridized carbons (Fsp3) is 0.185. The zero-order valence-corrected chi connectivity index (χ0v) is 19.3. The van der Waals surface area contributed by atoms with Gasteiger partial charge in [0.25, 0.3) is 5.56 Å². The van der Waals surface area contributed by atoms with Gasteiger partial charge in [-0.3, -0.25) is 19.0 Å². The minimum Gasteiger partial charge on any atom is -0.326 e. The van der Waals surface area contributed by atoms with E-state index in [4.69, 9.17) is 0 Å². The maximum Gasteiger partial charge on any atom is 0.278 e. The minimum absolute atomic E-state index is 0.178. The Hall–Kier alpha value is -4.26. The van der Waals surface area contributed by atoms with Gasteiger partial charge < -0.3 is 10.6 Å². The summed E-state index contributed by atoms with van der Waals surface area (Å²) < 4.78 is 1.51. The van der Waals surface area contributed by atoms with E-state index in [0.29, 0.717) is 34.4 Å². The van der Waals surface area contributed by atoms with Crippen LogP contribution >= 0.6 is 0 Å². The minimum atomic E-state index is -0.756. The van der Waals surface area contributed by atoms with Gasteiger partial charge in [-0.05, 0) is 49.7 Å². The molecule has 4 aromatic rings. The summed E-state index contributed by atoms with van der Waals surface area (Å²) in [7, 11) is 0. The van der Waals surface area contributed by atoms with Crippen molar-refractivity contribution in [1.82, 2.24) is 9.55 Å². The van der Waals surface area contributed by atoms with E-state index in [0.717, 1.165) is 5.56 Å². The summed E-state index contributed by atoms with van der Waals surface area (Å²) in [6.07, 6.45) is 0.401. The van der Waals surface area contributed by atoms with Crippen LogP contribution in [0, 0.1) is 6.92 Å². The second kappa shape index (κ2) is 9.70. The molecule has 7 heteroatoms. The Labute approximate surface area is 197 Å². The second-order valence-electron chi connectivity index (χ2n) is 8.13. The summed E-state index contributed by atoms with van der Waals surface area (Å²) in [6.45, 7) is 5.19. The van der Waals surface area contributed by atoms with Gasteiger partial charge in [0.1, 0.15) is 11.7 Å². The second-order valence-corrected chi connectivity index (χ2v) is 8.13. The van der Waals surface area contributed by atoms with Gasteiger partial charge in [-0.1, -0.05) is 48.9 Å². The molecule has 34 heavy (non-hydrogen) atoms. The Bertz CT molecular complexity index is 1430. The van der Waals surface area contributed by atoms with Crippen LogP contribution in [0.2, 0.25) is 0 Å². The summed E-state index contributed by atoms with van der Waals surface area (Å²) in [5, 5.41) is 5.70. The summed E-state index contributed by atoms with van der Waals surface area (Å²) in [4.78, 5) is 43.7. The van der Waals surface area contributed by atoms with E-state index in [2.05, 4.69) is 15.6 Å². The molecule has 2 amide bonds. The normalized spacial score (nSPS) is 11.7. The maximum absolute atomic E-state index is 13.9. The highest BCUT2D eigenvalue weighted by Crippen LogP contribution is 2.28. The molecule has 0 aliphatic heterocycles. The number of para-hydroxylation sites is 3. The maximum atomic E-state index is 13.9. The smallest absolute Gasteiger partial charge is 0.278 e. The van der Waals surface area contributed by atoms with Gasteiger partial charge in [0.2, 0.25) is 11.8 Å². The fourth-order valence-electron chi connectivity index (χ4n) is 4.02. The first-order valence-corrected chi connectivity index (χ1v) is 11.1. The summed E-state index contributed by atoms with van der Waals surface area (Å²) in [5.74, 6) is -0.538. The first-order valence-electron chi connectivity index (χ1n) is 11.1. The zero-order valence-electron chi connectivity index (χ0n) is 19.3. The van der Waals surface area contributed by atoms with Gasteiger partial charge in [-0.25, -0.2) is 4.98 Å². The topological polar surface area (TPSA) is 93.1 Å². The summed E-state index contributed by atoms with van der Waals surface area (Å²) in [6, 6.07) is 21.1. The van der Waals surface area contributed by atoms with Crippen molar-refractivity contribution in [2.24, 2.45) is 0 Å². The standard InChI is InChI=1S/C27H26N4O3/c1-4-23(26(33)29-19-10-6-5-7-11-19)31-24-13-9-8-12-22(24)30-25(27(31)34)20-16-17(2)14-15-21(20)28-18(3)32/h5-16,23H,4H2,1-3H3,(H,28,32)(H,29,33)/t23-/m0/s1. The van der Waals surface area contributed by atoms with Gasteiger partial charge in [-0.2, -0.15) is 0 Å². The Kier molecular flexibility index (Phi) is 6.54. The van der Waals surface area contributed by atoms with Gasteiger partial charge in [0.15, 0.2) is 0 Å². The largest absolute Gasteiger partial charge is 0.326 e. The number of nitrogens with zero attached hydrogens (tertiary/aromatic N) is 2. The van der Waals surface area contributed by atoms with E-state index in [1.54, 1.807) is 24.3 Å². The number of rotatable bonds is 6. The molecule has 0 unspecified atom stereocenters. The van der Waals surface area contributed by atoms with E-state index in [-0.39, 0.29) is 17.5 Å². The number of carbonyl (C=O) groups excluding carboxylic acids is 2. The molecule has 0 radical (unpaired) electrons. The highest BCUT2D eigenvalue weighted by atomic mass is 16.2. The molecular weight excluding hydrogens is 428 g/mol. The number of aryl methyl sites for hydroxylation is 1. The molecule has 0 bridgehead atoms. The number of aromatic nitrogens is 2. The third-order valence-electron chi connectivity index (χ3n) is 5.58. The number of amides is 2. The van der Waals surface area contributed by atoms with E-state index >= 15 is 0 Å². The number of anilines is 2. The number of carbonyl (C=O) groups is 2. The third-order valence-corrected chi connectivity index (χ3v) is 5.58. The molecule has 1 heterocycles. The van der Waals surface area contributed by atoms with E-state index in [1.165, 1.54) is 11.5 Å². The molecule has 172 valence electrons. The van der Waals surface area contributed by atoms with E-state index in [9.17, 15) is 14.4 Å². The molecule has 0 fully saturated rings. The van der Waals surface area contributed by atoms with Crippen LogP contribution in [0.4, 0.5) is 11.4 Å². The van der Waals surface area contributed by atoms with Crippen molar-refractivity contribution in [1.29, 1.82) is 0 Å². The molecule has 0 spiro atoms. The molecule has 2 N–H and O–H groups in total. The van der Waals surface area contributed by atoms with Crippen molar-refractivity contribution in [3.63, 3.8) is 0 Å². The molecule has 3 aromatic carbocycles. The lowest BCUT2D eigenvalue weighted by atomic mass is 10.0. The lowest BCUT2D eigenvalue weighted by Gasteiger charge is -2.21. The third kappa shape index (κ3) is 4.59. The molecule has 7 nitrogen and oxygen atoms in total. The Balaban J connectivity index is 1.93. The molecule has 0 aliphatic rings. The molecule has 0 aliphatic carbocycles.